The molecule has 1 N–H and O–H groups in total. The topological polar surface area (TPSA) is 61.9 Å². The van der Waals surface area contributed by atoms with Gasteiger partial charge in [-0.05, 0) is 43.4 Å². The molecular formula is C23H31N3O3. The first-order valence-corrected chi connectivity index (χ1v) is 11.1. The summed E-state index contributed by atoms with van der Waals surface area (Å²) in [6.07, 6.45) is 3.51. The van der Waals surface area contributed by atoms with Gasteiger partial charge < -0.3 is 19.9 Å². The van der Waals surface area contributed by atoms with E-state index in [2.05, 4.69) is 29.0 Å². The Morgan fingerprint density at radius 2 is 2.00 bits per heavy atom. The lowest BCUT2D eigenvalue weighted by Crippen LogP contribution is -2.69. The van der Waals surface area contributed by atoms with Crippen molar-refractivity contribution >= 4 is 11.8 Å². The van der Waals surface area contributed by atoms with Gasteiger partial charge in [0.25, 0.3) is 5.91 Å². The molecular weight excluding hydrogens is 366 g/mol. The Morgan fingerprint density at radius 1 is 1.24 bits per heavy atom. The van der Waals surface area contributed by atoms with Gasteiger partial charge in [0.1, 0.15) is 5.75 Å². The van der Waals surface area contributed by atoms with Crippen molar-refractivity contribution in [2.24, 2.45) is 17.3 Å². The number of fused-ring (bicyclic) bond motifs is 3. The first kappa shape index (κ1) is 18.9. The van der Waals surface area contributed by atoms with Crippen molar-refractivity contribution in [2.45, 2.75) is 45.3 Å². The van der Waals surface area contributed by atoms with Crippen LogP contribution in [-0.4, -0.2) is 60.1 Å². The van der Waals surface area contributed by atoms with E-state index in [1.165, 1.54) is 0 Å². The normalized spacial score (nSPS) is 36.5. The maximum absolute atomic E-state index is 13.5. The van der Waals surface area contributed by atoms with Gasteiger partial charge in [-0.3, -0.25) is 9.59 Å². The van der Waals surface area contributed by atoms with E-state index < -0.39 is 5.72 Å². The maximum Gasteiger partial charge on any atom is 0.258 e. The number of ether oxygens (including phenoxy) is 1. The maximum atomic E-state index is 13.5. The van der Waals surface area contributed by atoms with Crippen LogP contribution in [0.25, 0.3) is 0 Å². The first-order chi connectivity index (χ1) is 13.9. The number of hydrogen-bond donors (Lipinski definition) is 1. The minimum absolute atomic E-state index is 0.0257. The van der Waals surface area contributed by atoms with E-state index in [1.54, 1.807) is 0 Å². The number of amides is 2. The van der Waals surface area contributed by atoms with Gasteiger partial charge in [0, 0.05) is 44.4 Å². The van der Waals surface area contributed by atoms with Crippen LogP contribution in [0.5, 0.6) is 5.75 Å². The van der Waals surface area contributed by atoms with Crippen LogP contribution >= 0.6 is 0 Å². The Labute approximate surface area is 172 Å². The summed E-state index contributed by atoms with van der Waals surface area (Å²) in [6, 6.07) is 7.47. The number of piperazine rings is 1. The lowest BCUT2D eigenvalue weighted by atomic mass is 9.52. The van der Waals surface area contributed by atoms with Crippen LogP contribution in [0.4, 0.5) is 0 Å². The van der Waals surface area contributed by atoms with Gasteiger partial charge in [-0.15, -0.1) is 0 Å². The molecule has 5 aliphatic rings. The van der Waals surface area contributed by atoms with Crippen LogP contribution in [-0.2, 0) is 4.79 Å². The monoisotopic (exact) mass is 397 g/mol. The Morgan fingerprint density at radius 3 is 2.72 bits per heavy atom. The highest BCUT2D eigenvalue weighted by molar-refractivity contribution is 5.98. The zero-order valence-corrected chi connectivity index (χ0v) is 17.4. The number of rotatable bonds is 2. The molecule has 2 heterocycles. The van der Waals surface area contributed by atoms with Crippen LogP contribution in [0, 0.1) is 17.3 Å². The summed E-state index contributed by atoms with van der Waals surface area (Å²) in [5.41, 5.74) is -0.213. The molecule has 1 saturated heterocycles. The van der Waals surface area contributed by atoms with Crippen LogP contribution in [0.3, 0.4) is 0 Å². The molecule has 1 spiro atoms. The van der Waals surface area contributed by atoms with Crippen molar-refractivity contribution in [2.75, 3.05) is 32.7 Å². The van der Waals surface area contributed by atoms with E-state index in [0.717, 1.165) is 52.0 Å². The molecule has 2 aliphatic heterocycles. The van der Waals surface area contributed by atoms with E-state index in [-0.39, 0.29) is 23.2 Å². The van der Waals surface area contributed by atoms with Gasteiger partial charge in [-0.25, -0.2) is 0 Å². The number of carbonyl (C=O) groups excluding carboxylic acids is 2. The van der Waals surface area contributed by atoms with Gasteiger partial charge in [0.15, 0.2) is 5.72 Å². The molecule has 6 nitrogen and oxygen atoms in total. The Kier molecular flexibility index (Phi) is 4.39. The standard InChI is InChI=1S/C23H31N3O3/c1-3-25-10-12-26(13-11-25)21(28)18-14-16-8-9-22(18,2)15-23(16)24-20(27)17-6-4-5-7-19(17)29-23/h4-7,16,18H,3,8-15H2,1-2H3,(H,24,27)/t16-,18+,22+,23-/m1/s1. The SMILES string of the molecule is CCN1CCN(C(=O)[C@@H]2C[C@H]3CC[C@@]2(C)C[C@]32NC(=O)c3ccccc3O2)CC1. The highest BCUT2D eigenvalue weighted by atomic mass is 16.5. The van der Waals surface area contributed by atoms with E-state index in [4.69, 9.17) is 4.74 Å². The molecule has 0 unspecified atom stereocenters. The van der Waals surface area contributed by atoms with Gasteiger partial charge in [-0.1, -0.05) is 26.0 Å². The predicted molar refractivity (Wildman–Crippen MR) is 110 cm³/mol. The summed E-state index contributed by atoms with van der Waals surface area (Å²) < 4.78 is 6.47. The van der Waals surface area contributed by atoms with Gasteiger partial charge >= 0.3 is 0 Å². The molecule has 6 heteroatoms. The predicted octanol–water partition coefficient (Wildman–Crippen LogP) is 2.50. The number of nitrogens with zero attached hydrogens (tertiary/aromatic N) is 2. The van der Waals surface area contributed by atoms with Crippen molar-refractivity contribution in [3.05, 3.63) is 29.8 Å². The summed E-state index contributed by atoms with van der Waals surface area (Å²) in [7, 11) is 0. The van der Waals surface area contributed by atoms with Gasteiger partial charge in [-0.2, -0.15) is 0 Å². The number of likely N-dealkylation sites (N-methyl/N-ethyl adjacent to an activating group) is 1. The molecule has 1 aromatic rings. The molecule has 4 atom stereocenters. The minimum atomic E-state index is -0.671. The third-order valence-corrected chi connectivity index (χ3v) is 7.93. The fraction of sp³-hybridized carbons (Fsp3) is 0.652. The summed E-state index contributed by atoms with van der Waals surface area (Å²) in [4.78, 5) is 30.7. The third-order valence-electron chi connectivity index (χ3n) is 7.93. The second-order valence-corrected chi connectivity index (χ2v) is 9.56. The molecule has 2 amide bonds. The molecule has 3 aliphatic carbocycles. The molecule has 0 radical (unpaired) electrons. The van der Waals surface area contributed by atoms with Crippen LogP contribution in [0.15, 0.2) is 24.3 Å². The number of nitrogens with one attached hydrogen (secondary N) is 1. The minimum Gasteiger partial charge on any atom is -0.467 e. The molecule has 29 heavy (non-hydrogen) atoms. The van der Waals surface area contributed by atoms with E-state index in [1.807, 2.05) is 24.3 Å². The fourth-order valence-electron chi connectivity index (χ4n) is 6.14. The summed E-state index contributed by atoms with van der Waals surface area (Å²) in [6.45, 7) is 9.04. The average Bonchev–Trinajstić information content (AvgIpc) is 2.73. The van der Waals surface area contributed by atoms with Crippen LogP contribution in [0.2, 0.25) is 0 Å². The summed E-state index contributed by atoms with van der Waals surface area (Å²) in [5.74, 6) is 1.13. The van der Waals surface area contributed by atoms with Crippen LogP contribution in [0.1, 0.15) is 49.9 Å². The highest BCUT2D eigenvalue weighted by Crippen LogP contribution is 2.59. The summed E-state index contributed by atoms with van der Waals surface area (Å²) in [5, 5.41) is 3.20. The second-order valence-electron chi connectivity index (χ2n) is 9.56. The molecule has 3 saturated carbocycles. The molecule has 1 aromatic carbocycles. The number of hydrogen-bond acceptors (Lipinski definition) is 4. The number of carbonyl (C=O) groups is 2. The molecule has 2 bridgehead atoms. The smallest absolute Gasteiger partial charge is 0.258 e. The fourth-order valence-corrected chi connectivity index (χ4v) is 6.14. The van der Waals surface area contributed by atoms with Crippen LogP contribution < -0.4 is 10.1 Å². The summed E-state index contributed by atoms with van der Waals surface area (Å²) >= 11 is 0. The highest BCUT2D eigenvalue weighted by Gasteiger charge is 2.62. The van der Waals surface area contributed by atoms with Gasteiger partial charge in [0.05, 0.1) is 5.56 Å². The lowest BCUT2D eigenvalue weighted by Gasteiger charge is -2.60. The second kappa shape index (κ2) is 6.73. The molecule has 0 aromatic heterocycles. The third kappa shape index (κ3) is 2.95. The van der Waals surface area contributed by atoms with E-state index >= 15 is 0 Å². The van der Waals surface area contributed by atoms with Crippen molar-refractivity contribution < 1.29 is 14.3 Å². The first-order valence-electron chi connectivity index (χ1n) is 11.1. The Bertz CT molecular complexity index is 834. The Hall–Kier alpha value is -2.08. The molecule has 6 rings (SSSR count). The molecule has 4 fully saturated rings. The number of benzene rings is 1. The zero-order valence-electron chi connectivity index (χ0n) is 17.4. The van der Waals surface area contributed by atoms with Gasteiger partial charge in [0.2, 0.25) is 5.91 Å². The van der Waals surface area contributed by atoms with Crippen molar-refractivity contribution in [1.29, 1.82) is 0 Å². The Balaban J connectivity index is 1.37. The van der Waals surface area contributed by atoms with Crippen molar-refractivity contribution in [1.82, 2.24) is 15.1 Å². The van der Waals surface area contributed by atoms with Crippen molar-refractivity contribution in [3.63, 3.8) is 0 Å². The van der Waals surface area contributed by atoms with E-state index in [0.29, 0.717) is 23.6 Å². The quantitative estimate of drug-likeness (QED) is 0.833. The number of para-hydroxylation sites is 1. The van der Waals surface area contributed by atoms with Crippen molar-refractivity contribution in [3.8, 4) is 5.75 Å². The lowest BCUT2D eigenvalue weighted by molar-refractivity contribution is -0.175. The average molecular weight is 398 g/mol. The largest absolute Gasteiger partial charge is 0.467 e. The zero-order chi connectivity index (χ0) is 20.2. The van der Waals surface area contributed by atoms with E-state index in [9.17, 15) is 9.59 Å². The molecule has 156 valence electrons.